The minimum Gasteiger partial charge on any atom is -0.497 e. The normalized spacial score (nSPS) is 11.9. The van der Waals surface area contributed by atoms with E-state index in [0.29, 0.717) is 13.2 Å². The number of likely N-dealkylation sites (N-methyl/N-ethyl adjacent to an activating group) is 2. The highest BCUT2D eigenvalue weighted by atomic mass is 16.5. The molecule has 0 N–H and O–H groups in total. The Morgan fingerprint density at radius 1 is 0.963 bits per heavy atom. The summed E-state index contributed by atoms with van der Waals surface area (Å²) in [4.78, 5) is 17.1. The van der Waals surface area contributed by atoms with E-state index in [2.05, 4.69) is 18.7 Å². The van der Waals surface area contributed by atoms with Crippen molar-refractivity contribution in [3.05, 3.63) is 60.2 Å². The molecule has 0 saturated carbocycles. The molecule has 0 radical (unpaired) electrons. The molecule has 0 aliphatic carbocycles. The van der Waals surface area contributed by atoms with E-state index in [-0.39, 0.29) is 11.9 Å². The molecule has 1 unspecified atom stereocenters. The highest BCUT2D eigenvalue weighted by Gasteiger charge is 2.28. The average Bonchev–Trinajstić information content (AvgIpc) is 2.72. The standard InChI is InChI=1S/C22H30N2O3/c1-5-24(6-2)21(18-10-8-7-9-11-18)22(25)23(3)16-17-27-20-14-12-19(26-4)13-15-20/h7-15,21H,5-6,16-17H2,1-4H3. The van der Waals surface area contributed by atoms with E-state index in [1.165, 1.54) is 0 Å². The van der Waals surface area contributed by atoms with Gasteiger partial charge in [-0.15, -0.1) is 0 Å². The van der Waals surface area contributed by atoms with Gasteiger partial charge in [0.25, 0.3) is 0 Å². The highest BCUT2D eigenvalue weighted by Crippen LogP contribution is 2.23. The Hall–Kier alpha value is -2.53. The number of nitrogens with zero attached hydrogens (tertiary/aromatic N) is 2. The van der Waals surface area contributed by atoms with Gasteiger partial charge in [0.05, 0.1) is 13.7 Å². The molecule has 5 heteroatoms. The maximum atomic E-state index is 13.1. The number of benzene rings is 2. The second-order valence-electron chi connectivity index (χ2n) is 6.32. The van der Waals surface area contributed by atoms with Crippen molar-refractivity contribution in [2.45, 2.75) is 19.9 Å². The van der Waals surface area contributed by atoms with E-state index >= 15 is 0 Å². The molecule has 146 valence electrons. The van der Waals surface area contributed by atoms with Crippen LogP contribution in [0.1, 0.15) is 25.5 Å². The van der Waals surface area contributed by atoms with Crippen LogP contribution in [0.4, 0.5) is 0 Å². The van der Waals surface area contributed by atoms with Crippen molar-refractivity contribution in [1.29, 1.82) is 0 Å². The van der Waals surface area contributed by atoms with E-state index in [9.17, 15) is 4.79 Å². The lowest BCUT2D eigenvalue weighted by molar-refractivity contribution is -0.136. The van der Waals surface area contributed by atoms with Gasteiger partial charge in [0.1, 0.15) is 24.1 Å². The number of hydrogen-bond donors (Lipinski definition) is 0. The number of carbonyl (C=O) groups is 1. The Labute approximate surface area is 162 Å². The fourth-order valence-corrected chi connectivity index (χ4v) is 3.02. The summed E-state index contributed by atoms with van der Waals surface area (Å²) < 4.78 is 10.9. The van der Waals surface area contributed by atoms with Crippen LogP contribution in [-0.2, 0) is 4.79 Å². The second kappa shape index (κ2) is 10.6. The van der Waals surface area contributed by atoms with Gasteiger partial charge in [-0.2, -0.15) is 0 Å². The van der Waals surface area contributed by atoms with Crippen LogP contribution in [0.2, 0.25) is 0 Å². The van der Waals surface area contributed by atoms with E-state index < -0.39 is 0 Å². The summed E-state index contributed by atoms with van der Waals surface area (Å²) in [5.74, 6) is 1.64. The lowest BCUT2D eigenvalue weighted by Crippen LogP contribution is -2.42. The lowest BCUT2D eigenvalue weighted by Gasteiger charge is -2.32. The Morgan fingerprint density at radius 2 is 1.56 bits per heavy atom. The average molecular weight is 370 g/mol. The summed E-state index contributed by atoms with van der Waals surface area (Å²) in [5, 5.41) is 0. The third-order valence-corrected chi connectivity index (χ3v) is 4.66. The predicted octanol–water partition coefficient (Wildman–Crippen LogP) is 3.62. The number of amides is 1. The van der Waals surface area contributed by atoms with Crippen molar-refractivity contribution < 1.29 is 14.3 Å². The van der Waals surface area contributed by atoms with Gasteiger partial charge in [-0.05, 0) is 42.9 Å². The Morgan fingerprint density at radius 3 is 2.11 bits per heavy atom. The summed E-state index contributed by atoms with van der Waals surface area (Å²) >= 11 is 0. The number of carbonyl (C=O) groups excluding carboxylic acids is 1. The van der Waals surface area contributed by atoms with Gasteiger partial charge in [-0.1, -0.05) is 44.2 Å². The van der Waals surface area contributed by atoms with Crippen molar-refractivity contribution in [2.24, 2.45) is 0 Å². The molecule has 0 fully saturated rings. The van der Waals surface area contributed by atoms with Gasteiger partial charge < -0.3 is 14.4 Å². The molecule has 27 heavy (non-hydrogen) atoms. The molecule has 0 heterocycles. The zero-order valence-corrected chi connectivity index (χ0v) is 16.7. The van der Waals surface area contributed by atoms with Crippen LogP contribution in [0.3, 0.4) is 0 Å². The summed E-state index contributed by atoms with van der Waals surface area (Å²) in [7, 11) is 3.47. The van der Waals surface area contributed by atoms with E-state index in [4.69, 9.17) is 9.47 Å². The van der Waals surface area contributed by atoms with Gasteiger partial charge in [0.2, 0.25) is 5.91 Å². The van der Waals surface area contributed by atoms with Crippen LogP contribution in [0, 0.1) is 0 Å². The predicted molar refractivity (Wildman–Crippen MR) is 108 cm³/mol. The van der Waals surface area contributed by atoms with Crippen LogP contribution in [0.15, 0.2) is 54.6 Å². The monoisotopic (exact) mass is 370 g/mol. The number of rotatable bonds is 10. The van der Waals surface area contributed by atoms with Crippen LogP contribution in [0.5, 0.6) is 11.5 Å². The molecular formula is C22H30N2O3. The topological polar surface area (TPSA) is 42.0 Å². The second-order valence-corrected chi connectivity index (χ2v) is 6.32. The first kappa shape index (κ1) is 20.8. The molecule has 2 aromatic carbocycles. The molecule has 2 aromatic rings. The van der Waals surface area contributed by atoms with E-state index in [0.717, 1.165) is 30.2 Å². The maximum Gasteiger partial charge on any atom is 0.244 e. The molecule has 1 amide bonds. The SMILES string of the molecule is CCN(CC)C(C(=O)N(C)CCOc1ccc(OC)cc1)c1ccccc1. The summed E-state index contributed by atoms with van der Waals surface area (Å²) in [5.41, 5.74) is 1.02. The van der Waals surface area contributed by atoms with Crippen molar-refractivity contribution in [3.8, 4) is 11.5 Å². The number of ether oxygens (including phenoxy) is 2. The van der Waals surface area contributed by atoms with Crippen LogP contribution < -0.4 is 9.47 Å². The molecule has 0 aliphatic heterocycles. The van der Waals surface area contributed by atoms with Crippen molar-refractivity contribution in [3.63, 3.8) is 0 Å². The van der Waals surface area contributed by atoms with Gasteiger partial charge in [0.15, 0.2) is 0 Å². The number of hydrogen-bond acceptors (Lipinski definition) is 4. The van der Waals surface area contributed by atoms with E-state index in [1.54, 1.807) is 12.0 Å². The summed E-state index contributed by atoms with van der Waals surface area (Å²) in [6.45, 7) is 6.76. The smallest absolute Gasteiger partial charge is 0.244 e. The Kier molecular flexibility index (Phi) is 8.14. The zero-order valence-electron chi connectivity index (χ0n) is 16.7. The molecule has 0 aromatic heterocycles. The summed E-state index contributed by atoms with van der Waals surface area (Å²) in [6.07, 6.45) is 0. The lowest BCUT2D eigenvalue weighted by atomic mass is 10.0. The fourth-order valence-electron chi connectivity index (χ4n) is 3.02. The maximum absolute atomic E-state index is 13.1. The summed E-state index contributed by atoms with van der Waals surface area (Å²) in [6, 6.07) is 17.1. The molecule has 0 saturated heterocycles. The molecule has 5 nitrogen and oxygen atoms in total. The van der Waals surface area contributed by atoms with Crippen LogP contribution in [0.25, 0.3) is 0 Å². The highest BCUT2D eigenvalue weighted by molar-refractivity contribution is 5.83. The molecule has 1 atom stereocenters. The van der Waals surface area contributed by atoms with E-state index in [1.807, 2.05) is 61.6 Å². The first-order valence-electron chi connectivity index (χ1n) is 9.41. The molecular weight excluding hydrogens is 340 g/mol. The van der Waals surface area contributed by atoms with Gasteiger partial charge in [-0.3, -0.25) is 9.69 Å². The first-order valence-corrected chi connectivity index (χ1v) is 9.41. The molecule has 0 aliphatic rings. The Balaban J connectivity index is 1.99. The zero-order chi connectivity index (χ0) is 19.6. The molecule has 0 bridgehead atoms. The molecule has 0 spiro atoms. The largest absolute Gasteiger partial charge is 0.497 e. The van der Waals surface area contributed by atoms with Crippen LogP contribution in [-0.4, -0.2) is 56.1 Å². The minimum absolute atomic E-state index is 0.0863. The third-order valence-electron chi connectivity index (χ3n) is 4.66. The van der Waals surface area contributed by atoms with Gasteiger partial charge in [0, 0.05) is 7.05 Å². The van der Waals surface area contributed by atoms with Crippen LogP contribution >= 0.6 is 0 Å². The number of methoxy groups -OCH3 is 1. The fraction of sp³-hybridized carbons (Fsp3) is 0.409. The minimum atomic E-state index is -0.271. The van der Waals surface area contributed by atoms with Crippen molar-refractivity contribution in [1.82, 2.24) is 9.80 Å². The third kappa shape index (κ3) is 5.73. The Bertz CT molecular complexity index is 684. The van der Waals surface area contributed by atoms with Gasteiger partial charge >= 0.3 is 0 Å². The quantitative estimate of drug-likeness (QED) is 0.641. The first-order chi connectivity index (χ1) is 13.1. The van der Waals surface area contributed by atoms with Gasteiger partial charge in [-0.25, -0.2) is 0 Å². The van der Waals surface area contributed by atoms with Crippen molar-refractivity contribution >= 4 is 5.91 Å². The molecule has 2 rings (SSSR count). The van der Waals surface area contributed by atoms with Crippen molar-refractivity contribution in [2.75, 3.05) is 40.4 Å².